The lowest BCUT2D eigenvalue weighted by atomic mass is 9.82. The molecule has 7 aromatic rings. The highest BCUT2D eigenvalue weighted by Gasteiger charge is 2.35. The van der Waals surface area contributed by atoms with Crippen molar-refractivity contribution in [3.8, 4) is 39.1 Å². The van der Waals surface area contributed by atoms with Gasteiger partial charge in [-0.1, -0.05) is 105 Å². The Kier molecular flexibility index (Phi) is 5.11. The Morgan fingerprint density at radius 2 is 1.20 bits per heavy atom. The van der Waals surface area contributed by atoms with Crippen LogP contribution in [0.25, 0.3) is 60.9 Å². The summed E-state index contributed by atoms with van der Waals surface area (Å²) in [5, 5.41) is 2.57. The van der Waals surface area contributed by atoms with Crippen molar-refractivity contribution in [1.82, 2.24) is 9.55 Å². The second-order valence-electron chi connectivity index (χ2n) is 11.7. The van der Waals surface area contributed by atoms with E-state index >= 15 is 0 Å². The number of aromatic nitrogens is 2. The van der Waals surface area contributed by atoms with E-state index in [1.165, 1.54) is 55.3 Å². The van der Waals surface area contributed by atoms with Crippen LogP contribution in [0.4, 0.5) is 0 Å². The van der Waals surface area contributed by atoms with Crippen molar-refractivity contribution in [1.29, 1.82) is 0 Å². The Morgan fingerprint density at radius 1 is 0.561 bits per heavy atom. The predicted octanol–water partition coefficient (Wildman–Crippen LogP) is 10.1. The van der Waals surface area contributed by atoms with Gasteiger partial charge in [-0.15, -0.1) is 0 Å². The molecule has 0 fully saturated rings. The van der Waals surface area contributed by atoms with Crippen LogP contribution in [0.3, 0.4) is 0 Å². The minimum Gasteiger partial charge on any atom is -0.297 e. The summed E-state index contributed by atoms with van der Waals surface area (Å²) in [6, 6.07) is 46.5. The summed E-state index contributed by atoms with van der Waals surface area (Å²) < 4.78 is 2.23. The molecule has 1 heterocycles. The first-order chi connectivity index (χ1) is 20.0. The largest absolute Gasteiger partial charge is 0.297 e. The van der Waals surface area contributed by atoms with E-state index in [4.69, 9.17) is 4.98 Å². The van der Waals surface area contributed by atoms with Crippen LogP contribution in [0.1, 0.15) is 30.8 Å². The van der Waals surface area contributed by atoms with Crippen LogP contribution in [0.5, 0.6) is 0 Å². The van der Waals surface area contributed by atoms with Gasteiger partial charge in [0.25, 0.3) is 0 Å². The Morgan fingerprint density at radius 3 is 2.00 bits per heavy atom. The summed E-state index contributed by atoms with van der Waals surface area (Å²) in [7, 11) is 0. The van der Waals surface area contributed by atoms with Gasteiger partial charge in [-0.05, 0) is 98.6 Å². The van der Waals surface area contributed by atoms with E-state index in [9.17, 15) is 0 Å². The maximum Gasteiger partial charge on any atom is 0.111 e. The van der Waals surface area contributed by atoms with E-state index in [2.05, 4.69) is 147 Å². The standard InChI is InChI=1S/C39H30N2/c1-25-40-37-13-6-7-14-38(37)41(25)30-19-15-26(16-20-30)28-17-21-35-33(23-28)34-24-29(18-22-36(34)39(35,2)3)32-12-8-10-27-9-4-5-11-31(27)32/h4-24H,1-3H3. The molecular formula is C39H30N2. The van der Waals surface area contributed by atoms with Crippen molar-refractivity contribution in [2.75, 3.05) is 0 Å². The molecule has 0 unspecified atom stereocenters. The van der Waals surface area contributed by atoms with Crippen LogP contribution >= 0.6 is 0 Å². The molecule has 2 nitrogen and oxygen atoms in total. The zero-order chi connectivity index (χ0) is 27.7. The van der Waals surface area contributed by atoms with Crippen LogP contribution < -0.4 is 0 Å². The molecule has 1 aliphatic carbocycles. The number of rotatable bonds is 3. The summed E-state index contributed by atoms with van der Waals surface area (Å²) in [5.41, 5.74) is 13.7. The highest BCUT2D eigenvalue weighted by molar-refractivity contribution is 5.98. The molecule has 0 atom stereocenters. The van der Waals surface area contributed by atoms with Crippen molar-refractivity contribution in [3.05, 3.63) is 144 Å². The number of imidazole rings is 1. The van der Waals surface area contributed by atoms with Gasteiger partial charge in [0, 0.05) is 11.1 Å². The van der Waals surface area contributed by atoms with Gasteiger partial charge in [0.2, 0.25) is 0 Å². The van der Waals surface area contributed by atoms with Crippen LogP contribution in [-0.2, 0) is 5.41 Å². The van der Waals surface area contributed by atoms with Crippen LogP contribution in [0.2, 0.25) is 0 Å². The third kappa shape index (κ3) is 3.61. The molecule has 0 N–H and O–H groups in total. The van der Waals surface area contributed by atoms with E-state index in [0.29, 0.717) is 0 Å². The number of hydrogen-bond donors (Lipinski definition) is 0. The van der Waals surface area contributed by atoms with E-state index in [1.54, 1.807) is 0 Å². The van der Waals surface area contributed by atoms with E-state index in [0.717, 1.165) is 22.5 Å². The molecule has 0 saturated carbocycles. The molecule has 0 spiro atoms. The average molecular weight is 527 g/mol. The number of benzene rings is 6. The first-order valence-corrected chi connectivity index (χ1v) is 14.3. The van der Waals surface area contributed by atoms with Crippen molar-refractivity contribution >= 4 is 21.8 Å². The number of fused-ring (bicyclic) bond motifs is 5. The molecular weight excluding hydrogens is 496 g/mol. The van der Waals surface area contributed by atoms with Gasteiger partial charge in [0.05, 0.1) is 11.0 Å². The fraction of sp³-hybridized carbons (Fsp3) is 0.103. The quantitative estimate of drug-likeness (QED) is 0.224. The first-order valence-electron chi connectivity index (χ1n) is 14.3. The van der Waals surface area contributed by atoms with Crippen LogP contribution in [-0.4, -0.2) is 9.55 Å². The molecule has 8 rings (SSSR count). The minimum atomic E-state index is -0.0374. The Bertz CT molecular complexity index is 2120. The smallest absolute Gasteiger partial charge is 0.111 e. The van der Waals surface area contributed by atoms with Gasteiger partial charge in [-0.3, -0.25) is 4.57 Å². The molecule has 1 aliphatic rings. The Labute approximate surface area is 240 Å². The van der Waals surface area contributed by atoms with Gasteiger partial charge >= 0.3 is 0 Å². The lowest BCUT2D eigenvalue weighted by molar-refractivity contribution is 0.660. The van der Waals surface area contributed by atoms with Gasteiger partial charge in [-0.25, -0.2) is 4.98 Å². The second kappa shape index (κ2) is 8.78. The molecule has 0 bridgehead atoms. The van der Waals surface area contributed by atoms with Crippen LogP contribution in [0.15, 0.2) is 127 Å². The fourth-order valence-electron chi connectivity index (χ4n) is 6.87. The molecule has 196 valence electrons. The summed E-state index contributed by atoms with van der Waals surface area (Å²) in [5.74, 6) is 0.998. The highest BCUT2D eigenvalue weighted by atomic mass is 15.1. The number of nitrogens with zero attached hydrogens (tertiary/aromatic N) is 2. The zero-order valence-electron chi connectivity index (χ0n) is 23.5. The normalized spacial score (nSPS) is 13.4. The molecule has 1 aromatic heterocycles. The maximum absolute atomic E-state index is 4.75. The van der Waals surface area contributed by atoms with Crippen LogP contribution in [0, 0.1) is 6.92 Å². The monoisotopic (exact) mass is 526 g/mol. The molecule has 41 heavy (non-hydrogen) atoms. The Balaban J connectivity index is 1.22. The van der Waals surface area contributed by atoms with Gasteiger partial charge < -0.3 is 0 Å². The summed E-state index contributed by atoms with van der Waals surface area (Å²) in [4.78, 5) is 4.75. The third-order valence-electron chi connectivity index (χ3n) is 8.96. The Hall–Kier alpha value is -4.95. The molecule has 0 amide bonds. The number of hydrogen-bond acceptors (Lipinski definition) is 1. The molecule has 0 aliphatic heterocycles. The lowest BCUT2D eigenvalue weighted by Gasteiger charge is -2.21. The van der Waals surface area contributed by atoms with E-state index < -0.39 is 0 Å². The number of para-hydroxylation sites is 2. The second-order valence-corrected chi connectivity index (χ2v) is 11.7. The summed E-state index contributed by atoms with van der Waals surface area (Å²) in [6.45, 7) is 6.77. The third-order valence-corrected chi connectivity index (χ3v) is 8.96. The first kappa shape index (κ1) is 23.9. The van der Waals surface area contributed by atoms with Gasteiger partial charge in [0.15, 0.2) is 0 Å². The van der Waals surface area contributed by atoms with Gasteiger partial charge in [-0.2, -0.15) is 0 Å². The fourth-order valence-corrected chi connectivity index (χ4v) is 6.87. The van der Waals surface area contributed by atoms with Gasteiger partial charge in [0.1, 0.15) is 5.82 Å². The summed E-state index contributed by atoms with van der Waals surface area (Å²) in [6.07, 6.45) is 0. The number of aryl methyl sites for hydroxylation is 1. The lowest BCUT2D eigenvalue weighted by Crippen LogP contribution is -2.14. The van der Waals surface area contributed by atoms with Crippen molar-refractivity contribution in [3.63, 3.8) is 0 Å². The minimum absolute atomic E-state index is 0.0374. The summed E-state index contributed by atoms with van der Waals surface area (Å²) >= 11 is 0. The van der Waals surface area contributed by atoms with E-state index in [1.807, 2.05) is 6.07 Å². The van der Waals surface area contributed by atoms with Crippen molar-refractivity contribution in [2.24, 2.45) is 0 Å². The SMILES string of the molecule is Cc1nc2ccccc2n1-c1ccc(-c2ccc3c(c2)-c2cc(-c4cccc5ccccc45)ccc2C3(C)C)cc1. The molecule has 0 saturated heterocycles. The predicted molar refractivity (Wildman–Crippen MR) is 172 cm³/mol. The topological polar surface area (TPSA) is 17.8 Å². The maximum atomic E-state index is 4.75. The molecule has 6 aromatic carbocycles. The molecule has 0 radical (unpaired) electrons. The highest BCUT2D eigenvalue weighted by Crippen LogP contribution is 2.51. The van der Waals surface area contributed by atoms with Crippen molar-refractivity contribution in [2.45, 2.75) is 26.2 Å². The van der Waals surface area contributed by atoms with Crippen molar-refractivity contribution < 1.29 is 0 Å². The zero-order valence-corrected chi connectivity index (χ0v) is 23.5. The molecule has 2 heteroatoms. The van der Waals surface area contributed by atoms with E-state index in [-0.39, 0.29) is 5.41 Å². The average Bonchev–Trinajstić information content (AvgIpc) is 3.46.